The smallest absolute Gasteiger partial charge is 0.360 e. The van der Waals surface area contributed by atoms with Gasteiger partial charge in [-0.05, 0) is 30.0 Å². The lowest BCUT2D eigenvalue weighted by atomic mass is 9.98. The van der Waals surface area contributed by atoms with Gasteiger partial charge in [0, 0.05) is 12.8 Å². The van der Waals surface area contributed by atoms with E-state index in [2.05, 4.69) is 15.5 Å². The Hall–Kier alpha value is -2.45. The fourth-order valence-corrected chi connectivity index (χ4v) is 2.62. The highest BCUT2D eigenvalue weighted by atomic mass is 32.2. The second-order valence-corrected chi connectivity index (χ2v) is 6.56. The van der Waals surface area contributed by atoms with Crippen LogP contribution in [0.2, 0.25) is 0 Å². The molecule has 8 heteroatoms. The first-order valence-corrected chi connectivity index (χ1v) is 8.80. The van der Waals surface area contributed by atoms with Gasteiger partial charge in [0.25, 0.3) is 0 Å². The number of amides is 2. The van der Waals surface area contributed by atoms with Crippen LogP contribution in [0.1, 0.15) is 12.8 Å². The van der Waals surface area contributed by atoms with Gasteiger partial charge in [-0.15, -0.1) is 16.9 Å². The number of aliphatic hydroxyl groups is 1. The second-order valence-electron chi connectivity index (χ2n) is 5.45. The molecule has 2 amide bonds. The molecule has 1 aliphatic rings. The predicted octanol–water partition coefficient (Wildman–Crippen LogP) is 3.26. The highest BCUT2D eigenvalue weighted by Crippen LogP contribution is 2.31. The summed E-state index contributed by atoms with van der Waals surface area (Å²) < 4.78 is 0. The molecule has 0 aliphatic heterocycles. The summed E-state index contributed by atoms with van der Waals surface area (Å²) in [4.78, 5) is 22.2. The maximum atomic E-state index is 11.8. The number of urea groups is 1. The van der Waals surface area contributed by atoms with E-state index < -0.39 is 23.0 Å². The zero-order valence-electron chi connectivity index (χ0n) is 13.6. The van der Waals surface area contributed by atoms with Crippen molar-refractivity contribution in [3.8, 4) is 0 Å². The first-order valence-electron chi connectivity index (χ1n) is 7.58. The van der Waals surface area contributed by atoms with Crippen molar-refractivity contribution in [3.63, 3.8) is 0 Å². The Labute approximate surface area is 149 Å². The SMILES string of the molecule is CSC1(O)C=CC(C[C@H](NC(=O)N=Nc2ccccc2)C(=O)O)=CC1. The quantitative estimate of drug-likeness (QED) is 0.532. The van der Waals surface area contributed by atoms with E-state index in [0.717, 1.165) is 5.57 Å². The van der Waals surface area contributed by atoms with E-state index in [9.17, 15) is 19.8 Å². The number of allylic oxidation sites excluding steroid dienone is 1. The van der Waals surface area contributed by atoms with Gasteiger partial charge in [-0.1, -0.05) is 35.5 Å². The molecule has 0 bridgehead atoms. The van der Waals surface area contributed by atoms with Crippen molar-refractivity contribution in [2.24, 2.45) is 10.2 Å². The summed E-state index contributed by atoms with van der Waals surface area (Å²) in [6, 6.07) is 6.72. The number of thioether (sulfide) groups is 1. The number of carbonyl (C=O) groups excluding carboxylic acids is 1. The van der Waals surface area contributed by atoms with Crippen molar-refractivity contribution < 1.29 is 19.8 Å². The summed E-state index contributed by atoms with van der Waals surface area (Å²) in [5, 5.41) is 28.9. The Bertz CT molecular complexity index is 718. The van der Waals surface area contributed by atoms with E-state index in [4.69, 9.17) is 0 Å². The normalized spacial score (nSPS) is 21.0. The summed E-state index contributed by atoms with van der Waals surface area (Å²) in [5.74, 6) is -1.16. The van der Waals surface area contributed by atoms with Gasteiger partial charge in [-0.25, -0.2) is 9.59 Å². The zero-order chi connectivity index (χ0) is 18.3. The van der Waals surface area contributed by atoms with Gasteiger partial charge in [0.1, 0.15) is 11.0 Å². The van der Waals surface area contributed by atoms with Crippen LogP contribution in [0.4, 0.5) is 10.5 Å². The molecular weight excluding hydrogens is 342 g/mol. The van der Waals surface area contributed by atoms with E-state index >= 15 is 0 Å². The molecule has 1 aromatic carbocycles. The first kappa shape index (κ1) is 18.9. The molecule has 1 aliphatic carbocycles. The predicted molar refractivity (Wildman–Crippen MR) is 95.8 cm³/mol. The summed E-state index contributed by atoms with van der Waals surface area (Å²) in [6.07, 6.45) is 7.35. The number of azo groups is 1. The number of hydrogen-bond donors (Lipinski definition) is 3. The maximum Gasteiger partial charge on any atom is 0.360 e. The fourth-order valence-electron chi connectivity index (χ4n) is 2.16. The lowest BCUT2D eigenvalue weighted by Crippen LogP contribution is -2.39. The fraction of sp³-hybridized carbons (Fsp3) is 0.294. The third-order valence-electron chi connectivity index (χ3n) is 3.62. The molecule has 0 aromatic heterocycles. The lowest BCUT2D eigenvalue weighted by Gasteiger charge is -2.25. The largest absolute Gasteiger partial charge is 0.480 e. The van der Waals surface area contributed by atoms with Crippen LogP contribution in [-0.4, -0.2) is 39.4 Å². The minimum Gasteiger partial charge on any atom is -0.480 e. The molecule has 0 saturated heterocycles. The molecule has 3 N–H and O–H groups in total. The minimum atomic E-state index is -1.16. The van der Waals surface area contributed by atoms with Crippen LogP contribution in [0.5, 0.6) is 0 Å². The molecule has 1 unspecified atom stereocenters. The minimum absolute atomic E-state index is 0.100. The van der Waals surface area contributed by atoms with E-state index in [1.807, 2.05) is 6.07 Å². The summed E-state index contributed by atoms with van der Waals surface area (Å²) in [5.41, 5.74) is 1.23. The Morgan fingerprint density at radius 1 is 1.36 bits per heavy atom. The van der Waals surface area contributed by atoms with Crippen LogP contribution < -0.4 is 5.32 Å². The lowest BCUT2D eigenvalue weighted by molar-refractivity contribution is -0.139. The van der Waals surface area contributed by atoms with Gasteiger partial charge < -0.3 is 15.5 Å². The first-order chi connectivity index (χ1) is 11.9. The number of carboxylic acid groups (broad SMARTS) is 1. The highest BCUT2D eigenvalue weighted by molar-refractivity contribution is 7.99. The van der Waals surface area contributed by atoms with Crippen LogP contribution in [0, 0.1) is 0 Å². The Morgan fingerprint density at radius 2 is 2.08 bits per heavy atom. The molecular formula is C17H19N3O4S. The number of nitrogens with one attached hydrogen (secondary N) is 1. The van der Waals surface area contributed by atoms with Crippen molar-refractivity contribution in [1.82, 2.24) is 5.32 Å². The Kier molecular flexibility index (Phi) is 6.49. The van der Waals surface area contributed by atoms with E-state index in [0.29, 0.717) is 12.1 Å². The average molecular weight is 361 g/mol. The number of rotatable bonds is 6. The standard InChI is InChI=1S/C17H19N3O4S/c1-25-17(24)9-7-12(8-10-17)11-14(15(21)22)18-16(23)20-19-13-5-3-2-4-6-13/h2-9,14,24H,10-11H2,1H3,(H,18,23)(H,21,22)/t14-,17?/m0/s1. The van der Waals surface area contributed by atoms with Crippen LogP contribution in [0.15, 0.2) is 64.4 Å². The van der Waals surface area contributed by atoms with Crippen LogP contribution in [0.25, 0.3) is 0 Å². The second kappa shape index (κ2) is 8.59. The van der Waals surface area contributed by atoms with Gasteiger partial charge >= 0.3 is 12.0 Å². The van der Waals surface area contributed by atoms with Gasteiger partial charge in [-0.2, -0.15) is 0 Å². The van der Waals surface area contributed by atoms with Gasteiger partial charge in [0.2, 0.25) is 0 Å². The van der Waals surface area contributed by atoms with Gasteiger partial charge in [0.15, 0.2) is 0 Å². The molecule has 1 aromatic rings. The molecule has 2 atom stereocenters. The van der Waals surface area contributed by atoms with Crippen molar-refractivity contribution in [2.45, 2.75) is 23.8 Å². The highest BCUT2D eigenvalue weighted by Gasteiger charge is 2.26. The van der Waals surface area contributed by atoms with Crippen molar-refractivity contribution in [1.29, 1.82) is 0 Å². The third kappa shape index (κ3) is 5.84. The number of benzene rings is 1. The van der Waals surface area contributed by atoms with Crippen molar-refractivity contribution in [3.05, 3.63) is 54.1 Å². The monoisotopic (exact) mass is 361 g/mol. The molecule has 0 heterocycles. The van der Waals surface area contributed by atoms with Crippen LogP contribution in [-0.2, 0) is 4.79 Å². The Balaban J connectivity index is 1.95. The molecule has 25 heavy (non-hydrogen) atoms. The number of carboxylic acids is 1. The molecule has 0 fully saturated rings. The Morgan fingerprint density at radius 3 is 2.64 bits per heavy atom. The molecule has 2 rings (SSSR count). The maximum absolute atomic E-state index is 11.8. The van der Waals surface area contributed by atoms with E-state index in [1.54, 1.807) is 48.7 Å². The number of hydrogen-bond acceptors (Lipinski definition) is 5. The molecule has 132 valence electrons. The number of aliphatic carboxylic acids is 1. The van der Waals surface area contributed by atoms with E-state index in [-0.39, 0.29) is 6.42 Å². The average Bonchev–Trinajstić information content (AvgIpc) is 2.62. The van der Waals surface area contributed by atoms with Crippen LogP contribution >= 0.6 is 11.8 Å². The third-order valence-corrected chi connectivity index (χ3v) is 4.63. The molecule has 0 saturated carbocycles. The topological polar surface area (TPSA) is 111 Å². The summed E-state index contributed by atoms with van der Waals surface area (Å²) >= 11 is 1.30. The molecule has 0 radical (unpaired) electrons. The van der Waals surface area contributed by atoms with Gasteiger partial charge in [-0.3, -0.25) is 0 Å². The van der Waals surface area contributed by atoms with Gasteiger partial charge in [0.05, 0.1) is 5.69 Å². The number of carbonyl (C=O) groups is 2. The van der Waals surface area contributed by atoms with Crippen LogP contribution in [0.3, 0.4) is 0 Å². The summed E-state index contributed by atoms with van der Waals surface area (Å²) in [6.45, 7) is 0. The summed E-state index contributed by atoms with van der Waals surface area (Å²) in [7, 11) is 0. The molecule has 0 spiro atoms. The van der Waals surface area contributed by atoms with Crippen molar-refractivity contribution >= 4 is 29.4 Å². The number of nitrogens with zero attached hydrogens (tertiary/aromatic N) is 2. The van der Waals surface area contributed by atoms with E-state index in [1.165, 1.54) is 11.8 Å². The molecule has 7 nitrogen and oxygen atoms in total. The zero-order valence-corrected chi connectivity index (χ0v) is 14.4. The van der Waals surface area contributed by atoms with Crippen molar-refractivity contribution in [2.75, 3.05) is 6.26 Å².